The summed E-state index contributed by atoms with van der Waals surface area (Å²) < 4.78 is 0. The van der Waals surface area contributed by atoms with Gasteiger partial charge in [-0.1, -0.05) is 38.1 Å². The van der Waals surface area contributed by atoms with Crippen LogP contribution in [0.2, 0.25) is 0 Å². The van der Waals surface area contributed by atoms with Crippen LogP contribution in [0.5, 0.6) is 0 Å². The van der Waals surface area contributed by atoms with E-state index in [1.807, 2.05) is 0 Å². The SMILES string of the molecule is CC(C)c1ccc(C(CN)CN2CCCC2)cc1. The zero-order valence-corrected chi connectivity index (χ0v) is 11.7. The molecule has 2 N–H and O–H groups in total. The van der Waals surface area contributed by atoms with E-state index in [4.69, 9.17) is 5.73 Å². The van der Waals surface area contributed by atoms with Crippen molar-refractivity contribution >= 4 is 0 Å². The highest BCUT2D eigenvalue weighted by molar-refractivity contribution is 5.27. The first kappa shape index (κ1) is 13.6. The van der Waals surface area contributed by atoms with E-state index in [0.717, 1.165) is 13.1 Å². The minimum absolute atomic E-state index is 0.490. The van der Waals surface area contributed by atoms with Gasteiger partial charge in [-0.25, -0.2) is 0 Å². The topological polar surface area (TPSA) is 29.3 Å². The van der Waals surface area contributed by atoms with Crippen molar-refractivity contribution in [1.29, 1.82) is 0 Å². The predicted molar refractivity (Wildman–Crippen MR) is 78.0 cm³/mol. The molecule has 2 heteroatoms. The second-order valence-electron chi connectivity index (χ2n) is 5.76. The third-order valence-corrected chi connectivity index (χ3v) is 4.04. The molecule has 1 saturated heterocycles. The molecule has 0 aliphatic carbocycles. The minimum atomic E-state index is 0.490. The number of hydrogen-bond acceptors (Lipinski definition) is 2. The van der Waals surface area contributed by atoms with Gasteiger partial charge in [-0.2, -0.15) is 0 Å². The number of nitrogens with two attached hydrogens (primary N) is 1. The fourth-order valence-corrected chi connectivity index (χ4v) is 2.75. The van der Waals surface area contributed by atoms with Crippen molar-refractivity contribution in [2.45, 2.75) is 38.5 Å². The van der Waals surface area contributed by atoms with Crippen LogP contribution in [-0.2, 0) is 0 Å². The molecule has 1 heterocycles. The Balaban J connectivity index is 2.02. The summed E-state index contributed by atoms with van der Waals surface area (Å²) in [6.45, 7) is 8.84. The van der Waals surface area contributed by atoms with Crippen molar-refractivity contribution in [3.05, 3.63) is 35.4 Å². The summed E-state index contributed by atoms with van der Waals surface area (Å²) in [6, 6.07) is 9.05. The lowest BCUT2D eigenvalue weighted by Crippen LogP contribution is -2.29. The highest BCUT2D eigenvalue weighted by atomic mass is 15.1. The van der Waals surface area contributed by atoms with Crippen molar-refractivity contribution < 1.29 is 0 Å². The van der Waals surface area contributed by atoms with E-state index in [2.05, 4.69) is 43.0 Å². The molecule has 100 valence electrons. The molecule has 2 nitrogen and oxygen atoms in total. The van der Waals surface area contributed by atoms with Gasteiger partial charge in [0.2, 0.25) is 0 Å². The molecule has 1 aliphatic heterocycles. The van der Waals surface area contributed by atoms with E-state index >= 15 is 0 Å². The van der Waals surface area contributed by atoms with Gasteiger partial charge in [-0.15, -0.1) is 0 Å². The first-order valence-electron chi connectivity index (χ1n) is 7.23. The highest BCUT2D eigenvalue weighted by Gasteiger charge is 2.17. The van der Waals surface area contributed by atoms with Crippen molar-refractivity contribution in [2.24, 2.45) is 5.73 Å². The van der Waals surface area contributed by atoms with Crippen LogP contribution in [0.15, 0.2) is 24.3 Å². The predicted octanol–water partition coefficient (Wildman–Crippen LogP) is 2.95. The first-order chi connectivity index (χ1) is 8.70. The van der Waals surface area contributed by atoms with Crippen LogP contribution in [0.25, 0.3) is 0 Å². The maximum atomic E-state index is 5.95. The molecule has 0 bridgehead atoms. The third kappa shape index (κ3) is 3.33. The second kappa shape index (κ2) is 6.35. The lowest BCUT2D eigenvalue weighted by molar-refractivity contribution is 0.315. The smallest absolute Gasteiger partial charge is 0.00888 e. The Hall–Kier alpha value is -0.860. The van der Waals surface area contributed by atoms with E-state index in [1.165, 1.54) is 37.1 Å². The molecule has 0 aromatic heterocycles. The fourth-order valence-electron chi connectivity index (χ4n) is 2.75. The minimum Gasteiger partial charge on any atom is -0.330 e. The summed E-state index contributed by atoms with van der Waals surface area (Å²) in [5.41, 5.74) is 8.76. The van der Waals surface area contributed by atoms with Gasteiger partial charge in [-0.05, 0) is 43.0 Å². The maximum Gasteiger partial charge on any atom is 0.00888 e. The Morgan fingerprint density at radius 2 is 1.61 bits per heavy atom. The molecule has 1 fully saturated rings. The second-order valence-corrected chi connectivity index (χ2v) is 5.76. The summed E-state index contributed by atoms with van der Waals surface area (Å²) in [7, 11) is 0. The summed E-state index contributed by atoms with van der Waals surface area (Å²) in [5, 5.41) is 0. The Bertz CT molecular complexity index is 350. The monoisotopic (exact) mass is 246 g/mol. The van der Waals surface area contributed by atoms with Crippen LogP contribution in [0.3, 0.4) is 0 Å². The van der Waals surface area contributed by atoms with E-state index in [1.54, 1.807) is 0 Å². The lowest BCUT2D eigenvalue weighted by Gasteiger charge is -2.23. The molecule has 1 aromatic carbocycles. The Kier molecular flexibility index (Phi) is 4.79. The van der Waals surface area contributed by atoms with Crippen molar-refractivity contribution in [1.82, 2.24) is 4.90 Å². The maximum absolute atomic E-state index is 5.95. The summed E-state index contributed by atoms with van der Waals surface area (Å²) in [6.07, 6.45) is 2.70. The summed E-state index contributed by atoms with van der Waals surface area (Å²) in [4.78, 5) is 2.55. The summed E-state index contributed by atoms with van der Waals surface area (Å²) >= 11 is 0. The zero-order valence-electron chi connectivity index (χ0n) is 11.7. The molecule has 2 rings (SSSR count). The highest BCUT2D eigenvalue weighted by Crippen LogP contribution is 2.21. The number of rotatable bonds is 5. The number of likely N-dealkylation sites (tertiary alicyclic amines) is 1. The summed E-state index contributed by atoms with van der Waals surface area (Å²) in [5.74, 6) is 1.10. The third-order valence-electron chi connectivity index (χ3n) is 4.04. The quantitative estimate of drug-likeness (QED) is 0.865. The molecule has 1 atom stereocenters. The van der Waals surface area contributed by atoms with Crippen LogP contribution in [-0.4, -0.2) is 31.1 Å². The van der Waals surface area contributed by atoms with Gasteiger partial charge in [0.05, 0.1) is 0 Å². The van der Waals surface area contributed by atoms with Gasteiger partial charge >= 0.3 is 0 Å². The average molecular weight is 246 g/mol. The van der Waals surface area contributed by atoms with E-state index in [-0.39, 0.29) is 0 Å². The van der Waals surface area contributed by atoms with Gasteiger partial charge in [-0.3, -0.25) is 0 Å². The molecular formula is C16H26N2. The van der Waals surface area contributed by atoms with Crippen LogP contribution in [0.4, 0.5) is 0 Å². The molecule has 1 aliphatic rings. The normalized spacial score (nSPS) is 18.4. The Labute approximate surface area is 111 Å². The molecule has 1 unspecified atom stereocenters. The largest absolute Gasteiger partial charge is 0.330 e. The van der Waals surface area contributed by atoms with Crippen LogP contribution in [0, 0.1) is 0 Å². The number of hydrogen-bond donors (Lipinski definition) is 1. The molecule has 0 saturated carbocycles. The molecule has 1 aromatic rings. The fraction of sp³-hybridized carbons (Fsp3) is 0.625. The van der Waals surface area contributed by atoms with Gasteiger partial charge < -0.3 is 10.6 Å². The van der Waals surface area contributed by atoms with Crippen molar-refractivity contribution in [2.75, 3.05) is 26.2 Å². The van der Waals surface area contributed by atoms with E-state index < -0.39 is 0 Å². The van der Waals surface area contributed by atoms with E-state index in [9.17, 15) is 0 Å². The van der Waals surface area contributed by atoms with Crippen LogP contribution < -0.4 is 5.73 Å². The zero-order chi connectivity index (χ0) is 13.0. The van der Waals surface area contributed by atoms with Gasteiger partial charge in [0.15, 0.2) is 0 Å². The van der Waals surface area contributed by atoms with Crippen molar-refractivity contribution in [3.63, 3.8) is 0 Å². The van der Waals surface area contributed by atoms with Crippen molar-refractivity contribution in [3.8, 4) is 0 Å². The van der Waals surface area contributed by atoms with Gasteiger partial charge in [0.25, 0.3) is 0 Å². The molecule has 18 heavy (non-hydrogen) atoms. The van der Waals surface area contributed by atoms with E-state index in [0.29, 0.717) is 11.8 Å². The molecular weight excluding hydrogens is 220 g/mol. The van der Waals surface area contributed by atoms with Gasteiger partial charge in [0, 0.05) is 19.0 Å². The average Bonchev–Trinajstić information content (AvgIpc) is 2.89. The molecule has 0 amide bonds. The number of nitrogens with zero attached hydrogens (tertiary/aromatic N) is 1. The number of benzene rings is 1. The molecule has 0 spiro atoms. The van der Waals surface area contributed by atoms with Gasteiger partial charge in [0.1, 0.15) is 0 Å². The first-order valence-corrected chi connectivity index (χ1v) is 7.23. The molecule has 0 radical (unpaired) electrons. The Morgan fingerprint density at radius 1 is 1.06 bits per heavy atom. The van der Waals surface area contributed by atoms with Crippen LogP contribution in [0.1, 0.15) is 49.7 Å². The Morgan fingerprint density at radius 3 is 2.11 bits per heavy atom. The lowest BCUT2D eigenvalue weighted by atomic mass is 9.95. The standard InChI is InChI=1S/C16H26N2/c1-13(2)14-5-7-15(8-6-14)16(11-17)12-18-9-3-4-10-18/h5-8,13,16H,3-4,9-12,17H2,1-2H3. The van der Waals surface area contributed by atoms with Crippen LogP contribution >= 0.6 is 0 Å².